The lowest BCUT2D eigenvalue weighted by Gasteiger charge is -2.37. The Morgan fingerprint density at radius 3 is 2.89 bits per heavy atom. The third-order valence-corrected chi connectivity index (χ3v) is 4.19. The van der Waals surface area contributed by atoms with E-state index in [0.29, 0.717) is 18.6 Å². The first-order valence-electron chi connectivity index (χ1n) is 6.41. The molecule has 0 radical (unpaired) electrons. The summed E-state index contributed by atoms with van der Waals surface area (Å²) in [7, 11) is 1.80. The molecule has 1 aromatic carbocycles. The van der Waals surface area contributed by atoms with Gasteiger partial charge >= 0.3 is 0 Å². The molecule has 0 amide bonds. The first-order chi connectivity index (χ1) is 8.63. The Morgan fingerprint density at radius 2 is 2.22 bits per heavy atom. The van der Waals surface area contributed by atoms with Gasteiger partial charge in [-0.2, -0.15) is 0 Å². The second-order valence-corrected chi connectivity index (χ2v) is 5.92. The molecule has 3 nitrogen and oxygen atoms in total. The summed E-state index contributed by atoms with van der Waals surface area (Å²) in [5.74, 6) is 0.632. The zero-order valence-corrected chi connectivity index (χ0v) is 12.6. The van der Waals surface area contributed by atoms with Crippen LogP contribution in [0.4, 0.5) is 5.69 Å². The number of nitrogens with two attached hydrogens (primary N) is 1. The van der Waals surface area contributed by atoms with Gasteiger partial charge in [-0.3, -0.25) is 0 Å². The van der Waals surface area contributed by atoms with Crippen LogP contribution in [0.15, 0.2) is 22.7 Å². The molecule has 4 heteroatoms. The highest BCUT2D eigenvalue weighted by Gasteiger charge is 2.26. The molecule has 0 bridgehead atoms. The Morgan fingerprint density at radius 1 is 1.44 bits per heavy atom. The van der Waals surface area contributed by atoms with E-state index in [1.807, 2.05) is 0 Å². The molecule has 1 aliphatic heterocycles. The number of halogens is 1. The molecule has 2 N–H and O–H groups in total. The normalized spacial score (nSPS) is 24.3. The molecule has 18 heavy (non-hydrogen) atoms. The molecule has 2 unspecified atom stereocenters. The molecule has 1 aromatic rings. The molecule has 100 valence electrons. The molecule has 1 fully saturated rings. The fraction of sp³-hybridized carbons (Fsp3) is 0.571. The number of piperidine rings is 1. The van der Waals surface area contributed by atoms with Gasteiger partial charge in [-0.1, -0.05) is 22.9 Å². The van der Waals surface area contributed by atoms with Gasteiger partial charge in [-0.15, -0.1) is 0 Å². The standard InChI is InChI=1S/C14H21BrN2O/c1-10-3-4-17(9-14(10)18-2)13-6-11(8-16)5-12(15)7-13/h5-7,10,14H,3-4,8-9,16H2,1-2H3. The molecule has 1 heterocycles. The largest absolute Gasteiger partial charge is 0.379 e. The van der Waals surface area contributed by atoms with Crippen LogP contribution in [0.1, 0.15) is 18.9 Å². The third-order valence-electron chi connectivity index (χ3n) is 3.74. The summed E-state index contributed by atoms with van der Waals surface area (Å²) < 4.78 is 6.65. The minimum absolute atomic E-state index is 0.319. The molecule has 0 aliphatic carbocycles. The lowest BCUT2D eigenvalue weighted by atomic mass is 9.95. The SMILES string of the molecule is COC1CN(c2cc(Br)cc(CN)c2)CCC1C. The summed E-state index contributed by atoms with van der Waals surface area (Å²) in [6, 6.07) is 6.40. The molecule has 0 aromatic heterocycles. The first kappa shape index (κ1) is 13.8. The average molecular weight is 313 g/mol. The van der Waals surface area contributed by atoms with Crippen molar-refractivity contribution in [2.45, 2.75) is 26.0 Å². The molecular formula is C14H21BrN2O. The summed E-state index contributed by atoms with van der Waals surface area (Å²) in [4.78, 5) is 2.39. The lowest BCUT2D eigenvalue weighted by molar-refractivity contribution is 0.0498. The fourth-order valence-electron chi connectivity index (χ4n) is 2.51. The Labute approximate surface area is 117 Å². The molecule has 1 saturated heterocycles. The highest BCUT2D eigenvalue weighted by molar-refractivity contribution is 9.10. The highest BCUT2D eigenvalue weighted by Crippen LogP contribution is 2.28. The lowest BCUT2D eigenvalue weighted by Crippen LogP contribution is -2.44. The number of hydrogen-bond acceptors (Lipinski definition) is 3. The molecule has 0 spiro atoms. The number of ether oxygens (including phenoxy) is 1. The number of benzene rings is 1. The van der Waals surface area contributed by atoms with Crippen LogP contribution in [0.3, 0.4) is 0 Å². The van der Waals surface area contributed by atoms with Crippen LogP contribution in [0, 0.1) is 5.92 Å². The number of rotatable bonds is 3. The van der Waals surface area contributed by atoms with E-state index in [-0.39, 0.29) is 0 Å². The Bertz CT molecular complexity index is 411. The Hall–Kier alpha value is -0.580. The number of hydrogen-bond donors (Lipinski definition) is 1. The quantitative estimate of drug-likeness (QED) is 0.932. The zero-order chi connectivity index (χ0) is 13.1. The topological polar surface area (TPSA) is 38.5 Å². The number of methoxy groups -OCH3 is 1. The minimum Gasteiger partial charge on any atom is -0.379 e. The predicted octanol–water partition coefficient (Wildman–Crippen LogP) is 2.77. The van der Waals surface area contributed by atoms with Crippen molar-refractivity contribution in [3.63, 3.8) is 0 Å². The Balaban J connectivity index is 2.18. The van der Waals surface area contributed by atoms with Crippen LogP contribution in [0.5, 0.6) is 0 Å². The van der Waals surface area contributed by atoms with Crippen molar-refractivity contribution in [1.82, 2.24) is 0 Å². The van der Waals surface area contributed by atoms with Gasteiger partial charge < -0.3 is 15.4 Å². The van der Waals surface area contributed by atoms with E-state index in [9.17, 15) is 0 Å². The summed E-state index contributed by atoms with van der Waals surface area (Å²) in [5.41, 5.74) is 8.12. The van der Waals surface area contributed by atoms with Crippen molar-refractivity contribution in [2.75, 3.05) is 25.1 Å². The van der Waals surface area contributed by atoms with E-state index >= 15 is 0 Å². The van der Waals surface area contributed by atoms with Crippen LogP contribution in [-0.2, 0) is 11.3 Å². The van der Waals surface area contributed by atoms with Crippen molar-refractivity contribution in [1.29, 1.82) is 0 Å². The van der Waals surface area contributed by atoms with Gasteiger partial charge in [0.05, 0.1) is 6.10 Å². The van der Waals surface area contributed by atoms with Gasteiger partial charge in [0.2, 0.25) is 0 Å². The van der Waals surface area contributed by atoms with Crippen LogP contribution < -0.4 is 10.6 Å². The maximum absolute atomic E-state index is 5.73. The van der Waals surface area contributed by atoms with Crippen molar-refractivity contribution < 1.29 is 4.74 Å². The smallest absolute Gasteiger partial charge is 0.0772 e. The van der Waals surface area contributed by atoms with E-state index in [2.05, 4.69) is 46.0 Å². The van der Waals surface area contributed by atoms with E-state index in [1.165, 1.54) is 12.1 Å². The van der Waals surface area contributed by atoms with Gasteiger partial charge in [0.25, 0.3) is 0 Å². The van der Waals surface area contributed by atoms with Crippen molar-refractivity contribution in [3.8, 4) is 0 Å². The van der Waals surface area contributed by atoms with Gasteiger partial charge in [-0.05, 0) is 36.1 Å². The van der Waals surface area contributed by atoms with Crippen molar-refractivity contribution in [3.05, 3.63) is 28.2 Å². The second-order valence-electron chi connectivity index (χ2n) is 5.01. The first-order valence-corrected chi connectivity index (χ1v) is 7.20. The summed E-state index contributed by atoms with van der Waals surface area (Å²) in [6.45, 7) is 4.88. The maximum atomic E-state index is 5.73. The Kier molecular flexibility index (Phi) is 4.65. The maximum Gasteiger partial charge on any atom is 0.0772 e. The van der Waals surface area contributed by atoms with Gasteiger partial charge in [0, 0.05) is 36.9 Å². The summed E-state index contributed by atoms with van der Waals surface area (Å²) in [5, 5.41) is 0. The van der Waals surface area contributed by atoms with Crippen LogP contribution in [0.25, 0.3) is 0 Å². The predicted molar refractivity (Wildman–Crippen MR) is 78.8 cm³/mol. The fourth-order valence-corrected chi connectivity index (χ4v) is 3.04. The van der Waals surface area contributed by atoms with Gasteiger partial charge in [0.1, 0.15) is 0 Å². The van der Waals surface area contributed by atoms with E-state index in [1.54, 1.807) is 7.11 Å². The molecule has 0 saturated carbocycles. The summed E-state index contributed by atoms with van der Waals surface area (Å²) in [6.07, 6.45) is 1.49. The van der Waals surface area contributed by atoms with Crippen LogP contribution >= 0.6 is 15.9 Å². The molecule has 2 atom stereocenters. The number of anilines is 1. The van der Waals surface area contributed by atoms with Gasteiger partial charge in [0.15, 0.2) is 0 Å². The van der Waals surface area contributed by atoms with E-state index in [4.69, 9.17) is 10.5 Å². The van der Waals surface area contributed by atoms with Gasteiger partial charge in [-0.25, -0.2) is 0 Å². The van der Waals surface area contributed by atoms with Crippen LogP contribution in [0.2, 0.25) is 0 Å². The monoisotopic (exact) mass is 312 g/mol. The van der Waals surface area contributed by atoms with Crippen molar-refractivity contribution >= 4 is 21.6 Å². The molecule has 1 aliphatic rings. The molecular weight excluding hydrogens is 292 g/mol. The number of nitrogens with zero attached hydrogens (tertiary/aromatic N) is 1. The van der Waals surface area contributed by atoms with E-state index < -0.39 is 0 Å². The molecule has 2 rings (SSSR count). The third kappa shape index (κ3) is 3.05. The highest BCUT2D eigenvalue weighted by atomic mass is 79.9. The minimum atomic E-state index is 0.319. The summed E-state index contributed by atoms with van der Waals surface area (Å²) >= 11 is 3.55. The van der Waals surface area contributed by atoms with Crippen molar-refractivity contribution in [2.24, 2.45) is 11.7 Å². The van der Waals surface area contributed by atoms with Crippen LogP contribution in [-0.4, -0.2) is 26.3 Å². The van der Waals surface area contributed by atoms with E-state index in [0.717, 1.165) is 23.1 Å². The zero-order valence-electron chi connectivity index (χ0n) is 11.0. The second kappa shape index (κ2) is 6.04. The average Bonchev–Trinajstić information content (AvgIpc) is 2.38.